The molecule has 0 bridgehead atoms. The second kappa shape index (κ2) is 7.87. The summed E-state index contributed by atoms with van der Waals surface area (Å²) in [6, 6.07) is 0. The van der Waals surface area contributed by atoms with Crippen molar-refractivity contribution in [3.8, 4) is 0 Å². The van der Waals surface area contributed by atoms with Gasteiger partial charge in [0.1, 0.15) is 12.3 Å². The van der Waals surface area contributed by atoms with E-state index in [9.17, 15) is 28.5 Å². The number of ether oxygens (including phenoxy) is 1. The fraction of sp³-hybridized carbons (Fsp3) is 0.444. The zero-order valence-corrected chi connectivity index (χ0v) is 17.0. The summed E-state index contributed by atoms with van der Waals surface area (Å²) in [5, 5.41) is 10.0. The minimum Gasteiger partial charge on any atom is -0.388 e. The molecule has 1 fully saturated rings. The molecule has 168 valence electrons. The van der Waals surface area contributed by atoms with Gasteiger partial charge in [0.15, 0.2) is 17.5 Å². The van der Waals surface area contributed by atoms with E-state index in [0.29, 0.717) is 0 Å². The Morgan fingerprint density at radius 3 is 2.50 bits per heavy atom. The van der Waals surface area contributed by atoms with Crippen LogP contribution in [0.1, 0.15) is 12.6 Å². The van der Waals surface area contributed by atoms with Gasteiger partial charge in [-0.05, 0) is 0 Å². The van der Waals surface area contributed by atoms with Gasteiger partial charge in [0.25, 0.3) is 5.56 Å². The Balaban J connectivity index is 1.76. The zero-order chi connectivity index (χ0) is 22.5. The third-order valence-corrected chi connectivity index (χ3v) is 7.26. The predicted octanol–water partition coefficient (Wildman–Crippen LogP) is -1.35. The second-order valence-corrected chi connectivity index (χ2v) is 10.1. The average Bonchev–Trinajstić information content (AvgIpc) is 3.07. The van der Waals surface area contributed by atoms with Crippen molar-refractivity contribution in [2.24, 2.45) is 0 Å². The van der Waals surface area contributed by atoms with Crippen molar-refractivity contribution in [2.75, 3.05) is 5.73 Å². The third-order valence-electron chi connectivity index (χ3n) is 3.46. The van der Waals surface area contributed by atoms with Crippen molar-refractivity contribution in [3.05, 3.63) is 16.7 Å². The summed E-state index contributed by atoms with van der Waals surface area (Å²) in [6.45, 7) is 0. The lowest BCUT2D eigenvalue weighted by molar-refractivity contribution is -0.133. The molecule has 0 aromatic carbocycles. The fourth-order valence-corrected chi connectivity index (χ4v) is 5.59. The lowest BCUT2D eigenvalue weighted by Gasteiger charge is -2.20. The SMILES string of the molecule is Nc1nc2c(ncn2[C@H]2C[C@@H](O)[C@@H](OP(=O)(O)OP(=O)(O)OP(=O)(O)O)O2)c(=O)[nH]1. The van der Waals surface area contributed by atoms with Crippen molar-refractivity contribution in [1.29, 1.82) is 0 Å². The van der Waals surface area contributed by atoms with Crippen molar-refractivity contribution in [2.45, 2.75) is 25.0 Å². The Morgan fingerprint density at radius 2 is 1.87 bits per heavy atom. The minimum atomic E-state index is -5.73. The molecule has 2 unspecified atom stereocenters. The van der Waals surface area contributed by atoms with Crippen LogP contribution >= 0.6 is 23.5 Å². The summed E-state index contributed by atoms with van der Waals surface area (Å²) in [6.07, 6.45) is -3.78. The molecule has 0 aliphatic carbocycles. The summed E-state index contributed by atoms with van der Waals surface area (Å²) in [4.78, 5) is 57.4. The molecular formula is C9H14N5O13P3. The maximum Gasteiger partial charge on any atom is 0.490 e. The molecule has 2 aromatic rings. The van der Waals surface area contributed by atoms with Crippen molar-refractivity contribution < 1.29 is 56.3 Å². The van der Waals surface area contributed by atoms with E-state index >= 15 is 0 Å². The standard InChI is InChI=1S/C9H14N5O13P3/c10-9-12-6-5(7(16)13-9)11-2-14(6)4-1-3(15)8(24-4)25-29(20,21)27-30(22,23)26-28(17,18)19/h2-4,8,15H,1H2,(H,20,21)(H,22,23)(H2,17,18,19)(H3,10,12,13,16)/t3-,4-,8-/m1/s1. The fourth-order valence-electron chi connectivity index (χ4n) is 2.48. The summed E-state index contributed by atoms with van der Waals surface area (Å²) in [7, 11) is -16.8. The Bertz CT molecular complexity index is 1160. The summed E-state index contributed by atoms with van der Waals surface area (Å²) < 4.78 is 51.8. The lowest BCUT2D eigenvalue weighted by Crippen LogP contribution is -2.23. The molecule has 5 atom stereocenters. The molecular weight excluding hydrogens is 479 g/mol. The summed E-state index contributed by atoms with van der Waals surface area (Å²) in [5.74, 6) is -0.238. The largest absolute Gasteiger partial charge is 0.490 e. The van der Waals surface area contributed by atoms with E-state index in [-0.39, 0.29) is 23.5 Å². The molecule has 2 aromatic heterocycles. The molecule has 0 amide bonds. The number of nitrogens with two attached hydrogens (primary N) is 1. The number of aromatic amines is 1. The first-order valence-electron chi connectivity index (χ1n) is 7.54. The molecule has 1 aliphatic rings. The van der Waals surface area contributed by atoms with E-state index in [4.69, 9.17) is 25.2 Å². The van der Waals surface area contributed by atoms with Gasteiger partial charge in [-0.3, -0.25) is 18.9 Å². The lowest BCUT2D eigenvalue weighted by atomic mass is 10.3. The quantitative estimate of drug-likeness (QED) is 0.219. The molecule has 1 saturated heterocycles. The number of hydrogen-bond acceptors (Lipinski definition) is 12. The Labute approximate surface area is 164 Å². The topological polar surface area (TPSA) is 279 Å². The van der Waals surface area contributed by atoms with E-state index < -0.39 is 47.6 Å². The van der Waals surface area contributed by atoms with Crippen LogP contribution in [0.25, 0.3) is 11.2 Å². The number of imidazole rings is 1. The van der Waals surface area contributed by atoms with Crippen LogP contribution in [0.5, 0.6) is 0 Å². The first-order chi connectivity index (χ1) is 13.7. The van der Waals surface area contributed by atoms with Crippen molar-refractivity contribution in [1.82, 2.24) is 19.5 Å². The highest BCUT2D eigenvalue weighted by Gasteiger charge is 2.46. The number of aliphatic hydroxyl groups is 1. The minimum absolute atomic E-state index is 0.0348. The Kier molecular flexibility index (Phi) is 6.07. The highest BCUT2D eigenvalue weighted by Crippen LogP contribution is 2.66. The van der Waals surface area contributed by atoms with Gasteiger partial charge in [-0.15, -0.1) is 0 Å². The number of H-pyrrole nitrogens is 1. The molecule has 21 heteroatoms. The molecule has 0 radical (unpaired) electrons. The van der Waals surface area contributed by atoms with Crippen LogP contribution in [-0.4, -0.2) is 56.6 Å². The third kappa shape index (κ3) is 5.39. The number of phosphoric acid groups is 3. The maximum absolute atomic E-state index is 11.9. The van der Waals surface area contributed by atoms with Crippen LogP contribution in [0, 0.1) is 0 Å². The number of anilines is 1. The normalized spacial score (nSPS) is 26.5. The van der Waals surface area contributed by atoms with Gasteiger partial charge in [-0.1, -0.05) is 0 Å². The molecule has 0 spiro atoms. The molecule has 0 saturated carbocycles. The molecule has 3 rings (SSSR count). The monoisotopic (exact) mass is 493 g/mol. The smallest absolute Gasteiger partial charge is 0.388 e. The number of aromatic nitrogens is 4. The van der Waals surface area contributed by atoms with Crippen molar-refractivity contribution in [3.63, 3.8) is 0 Å². The molecule has 18 nitrogen and oxygen atoms in total. The Hall–Kier alpha value is -1.52. The van der Waals surface area contributed by atoms with Gasteiger partial charge in [-0.25, -0.2) is 18.7 Å². The highest BCUT2D eigenvalue weighted by atomic mass is 31.3. The number of nitrogen functional groups attached to an aromatic ring is 1. The van der Waals surface area contributed by atoms with Crippen LogP contribution in [0.4, 0.5) is 5.95 Å². The molecule has 30 heavy (non-hydrogen) atoms. The second-order valence-electron chi connectivity index (χ2n) is 5.73. The number of hydrogen-bond donors (Lipinski definition) is 7. The maximum atomic E-state index is 11.9. The number of phosphoric ester groups is 1. The van der Waals surface area contributed by atoms with Crippen molar-refractivity contribution >= 4 is 40.6 Å². The molecule has 1 aliphatic heterocycles. The van der Waals surface area contributed by atoms with Gasteiger partial charge in [0.05, 0.1) is 6.33 Å². The van der Waals surface area contributed by atoms with Crippen LogP contribution in [0.3, 0.4) is 0 Å². The summed E-state index contributed by atoms with van der Waals surface area (Å²) in [5.41, 5.74) is 4.66. The van der Waals surface area contributed by atoms with Gasteiger partial charge in [0.2, 0.25) is 5.95 Å². The van der Waals surface area contributed by atoms with Gasteiger partial charge >= 0.3 is 23.5 Å². The highest BCUT2D eigenvalue weighted by molar-refractivity contribution is 7.66. The number of fused-ring (bicyclic) bond motifs is 1. The van der Waals surface area contributed by atoms with Crippen LogP contribution < -0.4 is 11.3 Å². The van der Waals surface area contributed by atoms with Crippen LogP contribution in [-0.2, 0) is 31.6 Å². The number of aliphatic hydroxyl groups excluding tert-OH is 1. The predicted molar refractivity (Wildman–Crippen MR) is 92.0 cm³/mol. The van der Waals surface area contributed by atoms with Gasteiger partial charge in [-0.2, -0.15) is 13.6 Å². The first kappa shape index (κ1) is 23.1. The number of rotatable bonds is 7. The number of nitrogens with zero attached hydrogens (tertiary/aromatic N) is 3. The first-order valence-corrected chi connectivity index (χ1v) is 12.1. The summed E-state index contributed by atoms with van der Waals surface area (Å²) >= 11 is 0. The van der Waals surface area contributed by atoms with E-state index in [1.165, 1.54) is 4.57 Å². The van der Waals surface area contributed by atoms with E-state index in [0.717, 1.165) is 6.33 Å². The molecule has 8 N–H and O–H groups in total. The molecule has 3 heterocycles. The van der Waals surface area contributed by atoms with Gasteiger partial charge < -0.3 is 35.2 Å². The number of nitrogens with one attached hydrogen (secondary N) is 1. The Morgan fingerprint density at radius 1 is 1.20 bits per heavy atom. The van der Waals surface area contributed by atoms with E-state index in [1.807, 2.05) is 0 Å². The van der Waals surface area contributed by atoms with Crippen LogP contribution in [0.2, 0.25) is 0 Å². The van der Waals surface area contributed by atoms with E-state index in [2.05, 4.69) is 28.1 Å². The van der Waals surface area contributed by atoms with E-state index in [1.54, 1.807) is 0 Å². The average molecular weight is 493 g/mol. The van der Waals surface area contributed by atoms with Crippen LogP contribution in [0.15, 0.2) is 11.1 Å². The van der Waals surface area contributed by atoms with Gasteiger partial charge in [0, 0.05) is 6.42 Å². The zero-order valence-electron chi connectivity index (χ0n) is 14.3.